The molecular formula is C22H27NO2. The fraction of sp³-hybridized carbons (Fsp3) is 0.409. The number of ether oxygens (including phenoxy) is 1. The van der Waals surface area contributed by atoms with Crippen LogP contribution in [-0.2, 0) is 17.8 Å². The average Bonchev–Trinajstić information content (AvgIpc) is 2.77. The topological polar surface area (TPSA) is 29.5 Å². The first-order chi connectivity index (χ1) is 12.1. The van der Waals surface area contributed by atoms with Gasteiger partial charge in [0.1, 0.15) is 11.9 Å². The second-order valence-corrected chi connectivity index (χ2v) is 7.01. The Morgan fingerprint density at radius 2 is 1.96 bits per heavy atom. The molecule has 1 heterocycles. The van der Waals surface area contributed by atoms with Gasteiger partial charge in [-0.2, -0.15) is 0 Å². The molecule has 0 unspecified atom stereocenters. The molecule has 1 aliphatic heterocycles. The number of aryl methyl sites for hydroxylation is 2. The number of benzene rings is 2. The fourth-order valence-corrected chi connectivity index (χ4v) is 3.38. The van der Waals surface area contributed by atoms with E-state index in [0.717, 1.165) is 30.6 Å². The van der Waals surface area contributed by atoms with E-state index in [-0.39, 0.29) is 12.0 Å². The third kappa shape index (κ3) is 4.85. The minimum absolute atomic E-state index is 0.0252. The zero-order valence-electron chi connectivity index (χ0n) is 15.2. The van der Waals surface area contributed by atoms with Gasteiger partial charge in [0.15, 0.2) is 0 Å². The van der Waals surface area contributed by atoms with E-state index in [9.17, 15) is 4.79 Å². The highest BCUT2D eigenvalue weighted by Gasteiger charge is 2.23. The van der Waals surface area contributed by atoms with Crippen molar-refractivity contribution in [3.05, 3.63) is 65.2 Å². The minimum Gasteiger partial charge on any atom is -0.489 e. The van der Waals surface area contributed by atoms with Crippen LogP contribution in [0.25, 0.3) is 0 Å². The maximum atomic E-state index is 12.7. The standard InChI is InChI=1S/C22H27NO2/c1-17-12-13-21-20(14-17)16-23(15-18(2)25-21)22(24)11-7-6-10-19-8-4-3-5-9-19/h3-5,8-9,12-14,18H,6-7,10-11,15-16H2,1-2H3/t18-/m0/s1. The molecule has 0 aromatic heterocycles. The van der Waals surface area contributed by atoms with Gasteiger partial charge in [0.2, 0.25) is 5.91 Å². The first-order valence-corrected chi connectivity index (χ1v) is 9.19. The van der Waals surface area contributed by atoms with Crippen LogP contribution in [0.1, 0.15) is 42.9 Å². The molecule has 3 heteroatoms. The third-order valence-electron chi connectivity index (χ3n) is 4.68. The number of carbonyl (C=O) groups is 1. The molecule has 0 radical (unpaired) electrons. The van der Waals surface area contributed by atoms with Gasteiger partial charge in [0.25, 0.3) is 0 Å². The van der Waals surface area contributed by atoms with Crippen molar-refractivity contribution in [3.8, 4) is 5.75 Å². The summed E-state index contributed by atoms with van der Waals surface area (Å²) in [6, 6.07) is 16.7. The van der Waals surface area contributed by atoms with Crippen molar-refractivity contribution >= 4 is 5.91 Å². The van der Waals surface area contributed by atoms with Crippen molar-refractivity contribution in [3.63, 3.8) is 0 Å². The van der Waals surface area contributed by atoms with Crippen LogP contribution in [0.4, 0.5) is 0 Å². The van der Waals surface area contributed by atoms with Crippen molar-refractivity contribution in [1.82, 2.24) is 4.90 Å². The number of unbranched alkanes of at least 4 members (excludes halogenated alkanes) is 1. The highest BCUT2D eigenvalue weighted by atomic mass is 16.5. The molecule has 3 nitrogen and oxygen atoms in total. The van der Waals surface area contributed by atoms with Gasteiger partial charge in [0, 0.05) is 18.5 Å². The summed E-state index contributed by atoms with van der Waals surface area (Å²) in [5.74, 6) is 1.15. The molecule has 0 saturated heterocycles. The van der Waals surface area contributed by atoms with E-state index in [1.807, 2.05) is 24.0 Å². The minimum atomic E-state index is 0.0252. The van der Waals surface area contributed by atoms with Crippen molar-refractivity contribution in [2.75, 3.05) is 6.54 Å². The number of hydrogen-bond donors (Lipinski definition) is 0. The predicted molar refractivity (Wildman–Crippen MR) is 101 cm³/mol. The number of hydrogen-bond acceptors (Lipinski definition) is 2. The van der Waals surface area contributed by atoms with Crippen LogP contribution in [0, 0.1) is 6.92 Å². The highest BCUT2D eigenvalue weighted by molar-refractivity contribution is 5.76. The second-order valence-electron chi connectivity index (χ2n) is 7.01. The van der Waals surface area contributed by atoms with Crippen LogP contribution < -0.4 is 4.74 Å². The van der Waals surface area contributed by atoms with Crippen LogP contribution in [0.5, 0.6) is 5.75 Å². The first-order valence-electron chi connectivity index (χ1n) is 9.19. The molecular weight excluding hydrogens is 310 g/mol. The highest BCUT2D eigenvalue weighted by Crippen LogP contribution is 2.26. The van der Waals surface area contributed by atoms with Gasteiger partial charge in [-0.1, -0.05) is 48.0 Å². The summed E-state index contributed by atoms with van der Waals surface area (Å²) in [6.07, 6.45) is 3.65. The van der Waals surface area contributed by atoms with Crippen LogP contribution in [0.15, 0.2) is 48.5 Å². The lowest BCUT2D eigenvalue weighted by atomic mass is 10.1. The van der Waals surface area contributed by atoms with Crippen LogP contribution in [-0.4, -0.2) is 23.5 Å². The molecule has 0 aliphatic carbocycles. The molecule has 0 spiro atoms. The summed E-state index contributed by atoms with van der Waals surface area (Å²) in [5.41, 5.74) is 3.66. The molecule has 25 heavy (non-hydrogen) atoms. The summed E-state index contributed by atoms with van der Waals surface area (Å²) in [5, 5.41) is 0. The van der Waals surface area contributed by atoms with E-state index in [1.54, 1.807) is 0 Å². The van der Waals surface area contributed by atoms with Crippen molar-refractivity contribution in [1.29, 1.82) is 0 Å². The fourth-order valence-electron chi connectivity index (χ4n) is 3.38. The molecule has 0 N–H and O–H groups in total. The quantitative estimate of drug-likeness (QED) is 0.751. The second kappa shape index (κ2) is 8.19. The molecule has 0 bridgehead atoms. The van der Waals surface area contributed by atoms with Crippen molar-refractivity contribution < 1.29 is 9.53 Å². The Balaban J connectivity index is 1.54. The molecule has 2 aromatic rings. The summed E-state index contributed by atoms with van der Waals surface area (Å²) in [4.78, 5) is 14.6. The Morgan fingerprint density at radius 1 is 1.16 bits per heavy atom. The zero-order valence-corrected chi connectivity index (χ0v) is 15.2. The van der Waals surface area contributed by atoms with Gasteiger partial charge in [-0.05, 0) is 44.7 Å². The molecule has 2 aromatic carbocycles. The van der Waals surface area contributed by atoms with E-state index in [2.05, 4.69) is 43.3 Å². The summed E-state index contributed by atoms with van der Waals surface area (Å²) < 4.78 is 5.98. The van der Waals surface area contributed by atoms with E-state index in [0.29, 0.717) is 19.5 Å². The SMILES string of the molecule is Cc1ccc2c(c1)CN(C(=O)CCCCc1ccccc1)C[C@H](C)O2. The number of nitrogens with zero attached hydrogens (tertiary/aromatic N) is 1. The molecule has 1 aliphatic rings. The first kappa shape index (κ1) is 17.5. The average molecular weight is 337 g/mol. The van der Waals surface area contributed by atoms with Gasteiger partial charge in [-0.3, -0.25) is 4.79 Å². The van der Waals surface area contributed by atoms with Crippen LogP contribution >= 0.6 is 0 Å². The lowest BCUT2D eigenvalue weighted by molar-refractivity contribution is -0.132. The number of carbonyl (C=O) groups excluding carboxylic acids is 1. The normalized spacial score (nSPS) is 16.7. The number of amides is 1. The molecule has 1 atom stereocenters. The van der Waals surface area contributed by atoms with E-state index in [4.69, 9.17) is 4.74 Å². The Morgan fingerprint density at radius 3 is 2.76 bits per heavy atom. The molecule has 3 rings (SSSR count). The molecule has 0 fully saturated rings. The van der Waals surface area contributed by atoms with E-state index in [1.165, 1.54) is 11.1 Å². The Hall–Kier alpha value is -2.29. The zero-order chi connectivity index (χ0) is 17.6. The molecule has 1 amide bonds. The summed E-state index contributed by atoms with van der Waals surface area (Å²) >= 11 is 0. The van der Waals surface area contributed by atoms with E-state index < -0.39 is 0 Å². The molecule has 0 saturated carbocycles. The summed E-state index contributed by atoms with van der Waals surface area (Å²) in [7, 11) is 0. The van der Waals surface area contributed by atoms with Gasteiger partial charge >= 0.3 is 0 Å². The largest absolute Gasteiger partial charge is 0.489 e. The Kier molecular flexibility index (Phi) is 5.75. The lowest BCUT2D eigenvalue weighted by Gasteiger charge is -2.22. The number of rotatable bonds is 5. The van der Waals surface area contributed by atoms with Gasteiger partial charge < -0.3 is 9.64 Å². The lowest BCUT2D eigenvalue weighted by Crippen LogP contribution is -2.35. The Bertz CT molecular complexity index is 711. The summed E-state index contributed by atoms with van der Waals surface area (Å²) in [6.45, 7) is 5.42. The van der Waals surface area contributed by atoms with Crippen LogP contribution in [0.2, 0.25) is 0 Å². The monoisotopic (exact) mass is 337 g/mol. The predicted octanol–water partition coefficient (Wildman–Crippen LogP) is 4.52. The van der Waals surface area contributed by atoms with E-state index >= 15 is 0 Å². The smallest absolute Gasteiger partial charge is 0.222 e. The third-order valence-corrected chi connectivity index (χ3v) is 4.68. The van der Waals surface area contributed by atoms with Crippen LogP contribution in [0.3, 0.4) is 0 Å². The van der Waals surface area contributed by atoms with Gasteiger partial charge in [-0.15, -0.1) is 0 Å². The van der Waals surface area contributed by atoms with Crippen molar-refractivity contribution in [2.24, 2.45) is 0 Å². The van der Waals surface area contributed by atoms with Crippen molar-refractivity contribution in [2.45, 2.75) is 52.2 Å². The van der Waals surface area contributed by atoms with Gasteiger partial charge in [-0.25, -0.2) is 0 Å². The maximum Gasteiger partial charge on any atom is 0.222 e. The maximum absolute atomic E-state index is 12.7. The molecule has 132 valence electrons. The Labute approximate surface area is 150 Å². The number of fused-ring (bicyclic) bond motifs is 1. The van der Waals surface area contributed by atoms with Gasteiger partial charge in [0.05, 0.1) is 6.54 Å².